The lowest BCUT2D eigenvalue weighted by Crippen LogP contribution is -2.53. The number of rotatable bonds is 6. The Bertz CT molecular complexity index is 623. The van der Waals surface area contributed by atoms with Gasteiger partial charge in [0.25, 0.3) is 0 Å². The number of halogens is 2. The van der Waals surface area contributed by atoms with Gasteiger partial charge in [-0.05, 0) is 56.5 Å². The van der Waals surface area contributed by atoms with Crippen molar-refractivity contribution in [2.45, 2.75) is 37.1 Å². The summed E-state index contributed by atoms with van der Waals surface area (Å²) in [4.78, 5) is 0.362. The topological polar surface area (TPSA) is 67.4 Å². The second kappa shape index (κ2) is 8.27. The molecule has 1 saturated heterocycles. The average molecular weight is 428 g/mol. The number of benzene rings is 1. The van der Waals surface area contributed by atoms with Crippen LogP contribution in [0.5, 0.6) is 0 Å². The first kappa shape index (κ1) is 20.9. The highest BCUT2D eigenvalue weighted by atomic mass is 79.9. The third kappa shape index (κ3) is 4.90. The Balaban J connectivity index is 0.00000264. The van der Waals surface area contributed by atoms with E-state index in [2.05, 4.69) is 26.0 Å². The lowest BCUT2D eigenvalue weighted by atomic mass is 9.99. The predicted molar refractivity (Wildman–Crippen MR) is 97.9 cm³/mol. The van der Waals surface area contributed by atoms with Crippen molar-refractivity contribution in [1.82, 2.24) is 10.0 Å². The summed E-state index contributed by atoms with van der Waals surface area (Å²) >= 11 is 3.39. The molecule has 1 unspecified atom stereocenters. The minimum atomic E-state index is -3.55. The molecule has 0 aromatic heterocycles. The molecular weight excluding hydrogens is 404 g/mol. The van der Waals surface area contributed by atoms with Gasteiger partial charge >= 0.3 is 0 Å². The van der Waals surface area contributed by atoms with Crippen molar-refractivity contribution in [1.29, 1.82) is 0 Å². The van der Waals surface area contributed by atoms with Crippen LogP contribution in [0.2, 0.25) is 0 Å². The van der Waals surface area contributed by atoms with E-state index >= 15 is 0 Å². The summed E-state index contributed by atoms with van der Waals surface area (Å²) < 4.78 is 34.3. The van der Waals surface area contributed by atoms with Crippen molar-refractivity contribution in [3.8, 4) is 0 Å². The van der Waals surface area contributed by atoms with Crippen molar-refractivity contribution in [3.63, 3.8) is 0 Å². The monoisotopic (exact) mass is 426 g/mol. The second-order valence-electron chi connectivity index (χ2n) is 5.94. The molecule has 1 aromatic carbocycles. The molecule has 1 aromatic rings. The maximum absolute atomic E-state index is 12.7. The van der Waals surface area contributed by atoms with Crippen LogP contribution in [0.3, 0.4) is 0 Å². The zero-order valence-corrected chi connectivity index (χ0v) is 16.8. The number of methoxy groups -OCH3 is 1. The second-order valence-corrected chi connectivity index (χ2v) is 8.56. The van der Waals surface area contributed by atoms with E-state index in [1.54, 1.807) is 7.11 Å². The summed E-state index contributed by atoms with van der Waals surface area (Å²) in [6, 6.07) is 3.64. The van der Waals surface area contributed by atoms with Crippen LogP contribution >= 0.6 is 28.3 Å². The summed E-state index contributed by atoms with van der Waals surface area (Å²) in [5.74, 6) is 0. The molecule has 2 rings (SSSR count). The Kier molecular flexibility index (Phi) is 7.50. The quantitative estimate of drug-likeness (QED) is 0.732. The summed E-state index contributed by atoms with van der Waals surface area (Å²) in [6.45, 7) is 5.34. The van der Waals surface area contributed by atoms with Gasteiger partial charge in [-0.1, -0.05) is 15.9 Å². The highest BCUT2D eigenvalue weighted by molar-refractivity contribution is 9.10. The molecule has 5 nitrogen and oxygen atoms in total. The highest BCUT2D eigenvalue weighted by Crippen LogP contribution is 2.25. The van der Waals surface area contributed by atoms with Crippen LogP contribution in [-0.2, 0) is 14.8 Å². The van der Waals surface area contributed by atoms with Gasteiger partial charge in [-0.15, -0.1) is 12.4 Å². The molecular formula is C15H24BrClN2O3S. The van der Waals surface area contributed by atoms with Crippen molar-refractivity contribution in [2.24, 2.45) is 0 Å². The fourth-order valence-corrected chi connectivity index (χ4v) is 5.36. The van der Waals surface area contributed by atoms with Gasteiger partial charge in [-0.25, -0.2) is 13.1 Å². The number of hydrogen-bond acceptors (Lipinski definition) is 4. The predicted octanol–water partition coefficient (Wildman–Crippen LogP) is 2.53. The molecule has 1 heterocycles. The number of nitrogens with one attached hydrogen (secondary N) is 2. The Morgan fingerprint density at radius 3 is 2.43 bits per heavy atom. The molecule has 1 aliphatic heterocycles. The fourth-order valence-electron chi connectivity index (χ4n) is 3.10. The van der Waals surface area contributed by atoms with Crippen LogP contribution in [-0.4, -0.2) is 40.8 Å². The van der Waals surface area contributed by atoms with Crippen molar-refractivity contribution >= 4 is 38.4 Å². The molecule has 1 atom stereocenters. The molecule has 0 saturated carbocycles. The van der Waals surface area contributed by atoms with Gasteiger partial charge in [0.1, 0.15) is 0 Å². The molecule has 0 amide bonds. The maximum atomic E-state index is 12.7. The Hall–Kier alpha value is -0.180. The van der Waals surface area contributed by atoms with Gasteiger partial charge in [-0.3, -0.25) is 0 Å². The third-order valence-corrected chi connectivity index (χ3v) is 6.21. The molecule has 0 aliphatic carbocycles. The van der Waals surface area contributed by atoms with Gasteiger partial charge < -0.3 is 10.1 Å². The van der Waals surface area contributed by atoms with Gasteiger partial charge in [0.05, 0.1) is 17.0 Å². The minimum absolute atomic E-state index is 0. The largest absolute Gasteiger partial charge is 0.383 e. The Labute approximate surface area is 153 Å². The minimum Gasteiger partial charge on any atom is -0.383 e. The Morgan fingerprint density at radius 1 is 1.35 bits per heavy atom. The zero-order chi connectivity index (χ0) is 16.4. The summed E-state index contributed by atoms with van der Waals surface area (Å²) in [6.07, 6.45) is 1.93. The summed E-state index contributed by atoms with van der Waals surface area (Å²) in [5.41, 5.74) is 1.16. The van der Waals surface area contributed by atoms with E-state index in [0.29, 0.717) is 18.0 Å². The van der Waals surface area contributed by atoms with E-state index in [1.807, 2.05) is 26.0 Å². The number of hydrogen-bond donors (Lipinski definition) is 2. The lowest BCUT2D eigenvalue weighted by Gasteiger charge is -2.29. The SMILES string of the molecule is COCC1(CNS(=O)(=O)c2c(C)cc(Br)cc2C)CCCN1.Cl. The average Bonchev–Trinajstić information content (AvgIpc) is 2.84. The van der Waals surface area contributed by atoms with Crippen LogP contribution in [0, 0.1) is 13.8 Å². The Morgan fingerprint density at radius 2 is 1.96 bits per heavy atom. The zero-order valence-electron chi connectivity index (χ0n) is 13.6. The van der Waals surface area contributed by atoms with E-state index in [9.17, 15) is 8.42 Å². The molecule has 2 N–H and O–H groups in total. The van der Waals surface area contributed by atoms with Crippen LogP contribution in [0.4, 0.5) is 0 Å². The van der Waals surface area contributed by atoms with Crippen molar-refractivity contribution in [3.05, 3.63) is 27.7 Å². The molecule has 0 radical (unpaired) electrons. The normalized spacial score (nSPS) is 21.2. The van der Waals surface area contributed by atoms with Crippen LogP contribution in [0.25, 0.3) is 0 Å². The molecule has 132 valence electrons. The molecule has 8 heteroatoms. The summed E-state index contributed by atoms with van der Waals surface area (Å²) in [5, 5.41) is 3.37. The number of sulfonamides is 1. The fraction of sp³-hybridized carbons (Fsp3) is 0.600. The van der Waals surface area contributed by atoms with Crippen molar-refractivity contribution < 1.29 is 13.2 Å². The summed E-state index contributed by atoms with van der Waals surface area (Å²) in [7, 11) is -1.91. The standard InChI is InChI=1S/C15H23BrN2O3S.ClH/c1-11-7-13(16)8-12(2)14(11)22(19,20)18-9-15(10-21-3)5-4-6-17-15;/h7-8,17-18H,4-6,9-10H2,1-3H3;1H. The number of ether oxygens (including phenoxy) is 1. The van der Waals surface area contributed by atoms with Gasteiger partial charge in [-0.2, -0.15) is 0 Å². The number of aryl methyl sites for hydroxylation is 2. The molecule has 23 heavy (non-hydrogen) atoms. The van der Waals surface area contributed by atoms with Crippen LogP contribution < -0.4 is 10.0 Å². The maximum Gasteiger partial charge on any atom is 0.241 e. The molecule has 1 aliphatic rings. The van der Waals surface area contributed by atoms with Crippen LogP contribution in [0.15, 0.2) is 21.5 Å². The van der Waals surface area contributed by atoms with E-state index in [-0.39, 0.29) is 17.9 Å². The van der Waals surface area contributed by atoms with Gasteiger partial charge in [0, 0.05) is 18.1 Å². The molecule has 0 spiro atoms. The van der Waals surface area contributed by atoms with Gasteiger partial charge in [0.15, 0.2) is 0 Å². The van der Waals surface area contributed by atoms with Crippen LogP contribution in [0.1, 0.15) is 24.0 Å². The first-order valence-corrected chi connectivity index (χ1v) is 9.58. The van der Waals surface area contributed by atoms with Crippen molar-refractivity contribution in [2.75, 3.05) is 26.8 Å². The smallest absolute Gasteiger partial charge is 0.241 e. The van der Waals surface area contributed by atoms with E-state index in [1.165, 1.54) is 0 Å². The highest BCUT2D eigenvalue weighted by Gasteiger charge is 2.35. The molecule has 0 bridgehead atoms. The van der Waals surface area contributed by atoms with Gasteiger partial charge in [0.2, 0.25) is 10.0 Å². The van der Waals surface area contributed by atoms with E-state index in [0.717, 1.165) is 35.0 Å². The third-order valence-electron chi connectivity index (χ3n) is 4.05. The van der Waals surface area contributed by atoms with E-state index < -0.39 is 10.0 Å². The first-order valence-electron chi connectivity index (χ1n) is 7.30. The first-order chi connectivity index (χ1) is 10.3. The lowest BCUT2D eigenvalue weighted by molar-refractivity contribution is 0.122. The molecule has 1 fully saturated rings. The van der Waals surface area contributed by atoms with E-state index in [4.69, 9.17) is 4.74 Å².